The van der Waals surface area contributed by atoms with Gasteiger partial charge in [0.25, 0.3) is 0 Å². The molecule has 0 radical (unpaired) electrons. The number of nitrogens with zero attached hydrogens (tertiary/aromatic N) is 5. The third kappa shape index (κ3) is 6.62. The van der Waals surface area contributed by atoms with Crippen molar-refractivity contribution in [3.05, 3.63) is 60.2 Å². The van der Waals surface area contributed by atoms with Crippen LogP contribution >= 0.6 is 0 Å². The Morgan fingerprint density at radius 1 is 1.18 bits per heavy atom. The van der Waals surface area contributed by atoms with Crippen LogP contribution in [0.25, 0.3) is 5.69 Å². The lowest BCUT2D eigenvalue weighted by Crippen LogP contribution is -2.57. The fraction of sp³-hybridized carbons (Fsp3) is 0.458. The van der Waals surface area contributed by atoms with Crippen LogP contribution in [0, 0.1) is 5.41 Å². The van der Waals surface area contributed by atoms with Crippen molar-refractivity contribution >= 4 is 21.8 Å². The Morgan fingerprint density at radius 2 is 1.92 bits per heavy atom. The summed E-state index contributed by atoms with van der Waals surface area (Å²) < 4.78 is 34.6. The van der Waals surface area contributed by atoms with Gasteiger partial charge < -0.3 is 19.8 Å². The molecule has 0 aliphatic carbocycles. The highest BCUT2D eigenvalue weighted by Gasteiger charge is 2.45. The third-order valence-corrected chi connectivity index (χ3v) is 7.45. The Morgan fingerprint density at radius 3 is 2.53 bits per heavy atom. The molecule has 3 atom stereocenters. The average molecular weight is 546 g/mol. The summed E-state index contributed by atoms with van der Waals surface area (Å²) in [6, 6.07) is 6.64. The van der Waals surface area contributed by atoms with E-state index >= 15 is 0 Å². The Bertz CT molecular complexity index is 1340. The van der Waals surface area contributed by atoms with Gasteiger partial charge in [-0.2, -0.15) is 0 Å². The van der Waals surface area contributed by atoms with Gasteiger partial charge in [0.2, 0.25) is 21.8 Å². The van der Waals surface area contributed by atoms with E-state index in [9.17, 15) is 23.1 Å². The highest BCUT2D eigenvalue weighted by Crippen LogP contribution is 2.27. The molecule has 2 aromatic heterocycles. The molecule has 3 aromatic rings. The quantitative estimate of drug-likeness (QED) is 0.343. The van der Waals surface area contributed by atoms with Gasteiger partial charge in [-0.3, -0.25) is 9.59 Å². The monoisotopic (exact) mass is 545 g/mol. The van der Waals surface area contributed by atoms with Crippen LogP contribution in [-0.4, -0.2) is 75.1 Å². The van der Waals surface area contributed by atoms with E-state index in [4.69, 9.17) is 4.52 Å². The molecule has 0 saturated carbocycles. The lowest BCUT2D eigenvalue weighted by Gasteiger charge is -2.35. The summed E-state index contributed by atoms with van der Waals surface area (Å²) in [5.41, 5.74) is 0.810. The summed E-state index contributed by atoms with van der Waals surface area (Å²) in [7, 11) is -3.98. The molecule has 0 spiro atoms. The van der Waals surface area contributed by atoms with E-state index in [2.05, 4.69) is 25.5 Å². The molecule has 1 aliphatic heterocycles. The predicted molar refractivity (Wildman–Crippen MR) is 135 cm³/mol. The summed E-state index contributed by atoms with van der Waals surface area (Å²) in [6.07, 6.45) is 3.75. The maximum atomic E-state index is 13.6. The first-order valence-electron chi connectivity index (χ1n) is 12.0. The maximum absolute atomic E-state index is 13.6. The molecule has 1 aliphatic rings. The van der Waals surface area contributed by atoms with E-state index in [1.165, 1.54) is 17.2 Å². The average Bonchev–Trinajstić information content (AvgIpc) is 3.63. The number of hydrogen-bond donors (Lipinski definition) is 3. The van der Waals surface area contributed by atoms with E-state index < -0.39 is 51.2 Å². The predicted octanol–water partition coefficient (Wildman–Crippen LogP) is 0.368. The molecule has 0 bridgehead atoms. The molecule has 1 fully saturated rings. The topological polar surface area (TPSA) is 173 Å². The lowest BCUT2D eigenvalue weighted by molar-refractivity contribution is -0.141. The zero-order valence-electron chi connectivity index (χ0n) is 21.3. The summed E-state index contributed by atoms with van der Waals surface area (Å²) in [5, 5.41) is 24.3. The highest BCUT2D eigenvalue weighted by molar-refractivity contribution is 7.88. The van der Waals surface area contributed by atoms with Crippen molar-refractivity contribution < 1.29 is 27.6 Å². The molecule has 1 saturated heterocycles. The number of aliphatic hydroxyl groups is 1. The minimum atomic E-state index is -3.98. The van der Waals surface area contributed by atoms with Gasteiger partial charge in [-0.1, -0.05) is 43.3 Å². The van der Waals surface area contributed by atoms with Crippen LogP contribution < -0.4 is 10.0 Å². The molecular weight excluding hydrogens is 514 g/mol. The Kier molecular flexibility index (Phi) is 7.94. The number of aromatic nitrogens is 4. The number of β-amino-alcohol motifs (C(OH)–C–C–N with tert-alkyl or cyclic N) is 1. The number of nitrogens with one attached hydrogen (secondary N) is 2. The molecule has 0 unspecified atom stereocenters. The SMILES string of the molecule is CC(C)(C)[C@H](NS(=O)(=O)Cc1ccno1)C(=O)N1C[C@H](O)C[C@H]1C(=O)NCc1ccc(-n2ccnn2)cc1. The Hall–Kier alpha value is -3.62. The first-order valence-corrected chi connectivity index (χ1v) is 13.7. The number of hydrogen-bond acceptors (Lipinski definition) is 9. The fourth-order valence-corrected chi connectivity index (χ4v) is 5.63. The van der Waals surface area contributed by atoms with Gasteiger partial charge in [-0.25, -0.2) is 17.8 Å². The van der Waals surface area contributed by atoms with Gasteiger partial charge in [0.05, 0.1) is 30.4 Å². The van der Waals surface area contributed by atoms with Crippen LogP contribution in [0.3, 0.4) is 0 Å². The number of likely N-dealkylation sites (tertiary alicyclic amines) is 1. The zero-order valence-corrected chi connectivity index (χ0v) is 22.1. The van der Waals surface area contributed by atoms with E-state index in [0.29, 0.717) is 0 Å². The zero-order chi connectivity index (χ0) is 27.5. The van der Waals surface area contributed by atoms with Gasteiger partial charge in [0.1, 0.15) is 17.8 Å². The third-order valence-electron chi connectivity index (χ3n) is 6.19. The maximum Gasteiger partial charge on any atom is 0.243 e. The lowest BCUT2D eigenvalue weighted by atomic mass is 9.86. The number of carbonyl (C=O) groups is 2. The minimum Gasteiger partial charge on any atom is -0.391 e. The molecule has 204 valence electrons. The van der Waals surface area contributed by atoms with Gasteiger partial charge in [0, 0.05) is 25.6 Å². The van der Waals surface area contributed by atoms with Crippen molar-refractivity contribution in [1.29, 1.82) is 0 Å². The largest absolute Gasteiger partial charge is 0.391 e. The van der Waals surface area contributed by atoms with Crippen LogP contribution in [0.15, 0.2) is 53.4 Å². The summed E-state index contributed by atoms with van der Waals surface area (Å²) in [6.45, 7) is 5.28. The summed E-state index contributed by atoms with van der Waals surface area (Å²) in [5.74, 6) is -1.39. The fourth-order valence-electron chi connectivity index (χ4n) is 4.21. The van der Waals surface area contributed by atoms with E-state index in [1.807, 2.05) is 24.3 Å². The minimum absolute atomic E-state index is 0.0461. The number of carbonyl (C=O) groups excluding carboxylic acids is 2. The smallest absolute Gasteiger partial charge is 0.243 e. The number of aliphatic hydroxyl groups excluding tert-OH is 1. The first kappa shape index (κ1) is 27.4. The molecule has 1 aromatic carbocycles. The molecular formula is C24H31N7O6S. The highest BCUT2D eigenvalue weighted by atomic mass is 32.2. The van der Waals surface area contributed by atoms with Crippen molar-refractivity contribution in [2.24, 2.45) is 5.41 Å². The van der Waals surface area contributed by atoms with Crippen LogP contribution in [0.4, 0.5) is 0 Å². The van der Waals surface area contributed by atoms with E-state index in [0.717, 1.165) is 11.3 Å². The van der Waals surface area contributed by atoms with E-state index in [-0.39, 0.29) is 25.3 Å². The number of sulfonamides is 1. The second-order valence-corrected chi connectivity index (χ2v) is 12.0. The summed E-state index contributed by atoms with van der Waals surface area (Å²) in [4.78, 5) is 28.0. The van der Waals surface area contributed by atoms with Gasteiger partial charge >= 0.3 is 0 Å². The summed E-state index contributed by atoms with van der Waals surface area (Å²) >= 11 is 0. The van der Waals surface area contributed by atoms with Crippen molar-refractivity contribution in [3.63, 3.8) is 0 Å². The van der Waals surface area contributed by atoms with Crippen LogP contribution in [0.1, 0.15) is 38.5 Å². The molecule has 13 nitrogen and oxygen atoms in total. The van der Waals surface area contributed by atoms with Gasteiger partial charge in [-0.05, 0) is 23.1 Å². The van der Waals surface area contributed by atoms with Crippen LogP contribution in [0.2, 0.25) is 0 Å². The van der Waals surface area contributed by atoms with Gasteiger partial charge in [0.15, 0.2) is 5.76 Å². The second-order valence-electron chi connectivity index (χ2n) is 10.3. The first-order chi connectivity index (χ1) is 17.9. The van der Waals surface area contributed by atoms with Crippen molar-refractivity contribution in [1.82, 2.24) is 35.1 Å². The van der Waals surface area contributed by atoms with Crippen molar-refractivity contribution in [3.8, 4) is 5.69 Å². The normalized spacial score (nSPS) is 18.9. The molecule has 3 N–H and O–H groups in total. The van der Waals surface area contributed by atoms with Gasteiger partial charge in [-0.15, -0.1) is 5.10 Å². The Balaban J connectivity index is 1.44. The number of benzene rings is 1. The molecule has 38 heavy (non-hydrogen) atoms. The standard InChI is InChI=1S/C24H31N7O6S/c1-24(2,3)21(28-38(35,36)15-19-8-9-27-37-19)23(34)30-14-18(32)12-20(30)22(33)25-13-16-4-6-17(7-5-16)31-11-10-26-29-31/h4-11,18,20-21,28,32H,12-15H2,1-3H3,(H,25,33)/t18-,20+,21-/m1/s1. The van der Waals surface area contributed by atoms with Crippen molar-refractivity contribution in [2.45, 2.75) is 57.7 Å². The second kappa shape index (κ2) is 11.0. The number of rotatable bonds is 9. The van der Waals surface area contributed by atoms with Crippen LogP contribution in [0.5, 0.6) is 0 Å². The number of amides is 2. The molecule has 2 amide bonds. The van der Waals surface area contributed by atoms with Crippen LogP contribution in [-0.2, 0) is 31.9 Å². The molecule has 4 rings (SSSR count). The Labute approximate surface area is 220 Å². The molecule has 14 heteroatoms. The van der Waals surface area contributed by atoms with E-state index in [1.54, 1.807) is 37.8 Å². The molecule has 3 heterocycles. The van der Waals surface area contributed by atoms with Crippen molar-refractivity contribution in [2.75, 3.05) is 6.54 Å².